The minimum atomic E-state index is -0.802. The van der Waals surface area contributed by atoms with Gasteiger partial charge < -0.3 is 15.5 Å². The fourth-order valence-corrected chi connectivity index (χ4v) is 3.22. The zero-order chi connectivity index (χ0) is 14.9. The lowest BCUT2D eigenvalue weighted by atomic mass is 10.2. The van der Waals surface area contributed by atoms with Crippen LogP contribution in [0.1, 0.15) is 16.0 Å². The summed E-state index contributed by atoms with van der Waals surface area (Å²) >= 11 is 1.38. The number of β-amino-alcohol motifs (C(OH)–C–C–N with tert-alkyl or cyclic N) is 2. The molecule has 0 spiro atoms. The Balaban J connectivity index is 1.99. The summed E-state index contributed by atoms with van der Waals surface area (Å²) in [6.45, 7) is 4.41. The first kappa shape index (κ1) is 14.9. The molecule has 0 unspecified atom stereocenters. The molecule has 20 heavy (non-hydrogen) atoms. The van der Waals surface area contributed by atoms with Crippen LogP contribution in [0, 0.1) is 25.2 Å². The lowest BCUT2D eigenvalue weighted by Gasteiger charge is -2.13. The normalized spacial score (nSPS) is 22.8. The number of carbonyl (C=O) groups excluding carboxylic acids is 1. The van der Waals surface area contributed by atoms with Gasteiger partial charge in [-0.2, -0.15) is 5.26 Å². The minimum absolute atomic E-state index is 0.0922. The maximum atomic E-state index is 12.0. The van der Waals surface area contributed by atoms with Crippen LogP contribution in [-0.2, 0) is 4.79 Å². The Morgan fingerprint density at radius 1 is 1.45 bits per heavy atom. The first-order valence-electron chi connectivity index (χ1n) is 6.30. The predicted molar refractivity (Wildman–Crippen MR) is 75.6 cm³/mol. The highest BCUT2D eigenvalue weighted by atomic mass is 32.1. The summed E-state index contributed by atoms with van der Waals surface area (Å²) in [7, 11) is 0. The molecule has 1 aromatic heterocycles. The minimum Gasteiger partial charge on any atom is -0.389 e. The van der Waals surface area contributed by atoms with Gasteiger partial charge in [-0.1, -0.05) is 0 Å². The molecule has 2 heterocycles. The molecule has 1 aliphatic rings. The summed E-state index contributed by atoms with van der Waals surface area (Å²) in [6.07, 6.45) is -1.60. The number of nitriles is 1. The second-order valence-electron chi connectivity index (χ2n) is 4.98. The molecule has 2 rings (SSSR count). The van der Waals surface area contributed by atoms with Gasteiger partial charge in [0.2, 0.25) is 5.91 Å². The Kier molecular flexibility index (Phi) is 4.40. The number of carbonyl (C=O) groups is 1. The first-order valence-corrected chi connectivity index (χ1v) is 7.12. The molecule has 7 heteroatoms. The number of nitrogens with zero attached hydrogens (tertiary/aromatic N) is 2. The number of amides is 1. The van der Waals surface area contributed by atoms with E-state index < -0.39 is 12.2 Å². The number of aryl methyl sites for hydroxylation is 1. The smallest absolute Gasteiger partial charge is 0.239 e. The Labute approximate surface area is 121 Å². The number of aliphatic hydroxyl groups excluding tert-OH is 2. The fraction of sp³-hybridized carbons (Fsp3) is 0.538. The van der Waals surface area contributed by atoms with Crippen molar-refractivity contribution in [2.45, 2.75) is 26.1 Å². The van der Waals surface area contributed by atoms with Crippen LogP contribution in [-0.4, -0.2) is 52.9 Å². The van der Waals surface area contributed by atoms with Crippen LogP contribution in [0.5, 0.6) is 0 Å². The van der Waals surface area contributed by atoms with Gasteiger partial charge >= 0.3 is 0 Å². The van der Waals surface area contributed by atoms with Gasteiger partial charge in [0.25, 0.3) is 0 Å². The van der Waals surface area contributed by atoms with Crippen molar-refractivity contribution in [2.75, 3.05) is 25.0 Å². The first-order chi connectivity index (χ1) is 9.42. The average Bonchev–Trinajstić information content (AvgIpc) is 2.80. The van der Waals surface area contributed by atoms with Crippen molar-refractivity contribution in [1.29, 1.82) is 5.26 Å². The summed E-state index contributed by atoms with van der Waals surface area (Å²) in [5, 5.41) is 31.3. The molecule has 0 aliphatic carbocycles. The molecule has 1 aliphatic heterocycles. The van der Waals surface area contributed by atoms with Crippen molar-refractivity contribution in [3.05, 3.63) is 16.0 Å². The second-order valence-corrected chi connectivity index (χ2v) is 6.20. The summed E-state index contributed by atoms with van der Waals surface area (Å²) in [6, 6.07) is 2.10. The number of nitrogens with one attached hydrogen (secondary N) is 1. The Morgan fingerprint density at radius 3 is 2.60 bits per heavy atom. The average molecular weight is 295 g/mol. The standard InChI is InChI=1S/C13H17N3O3S/c1-7-8(2)20-13(9(7)3-14)15-12(19)6-16-4-10(17)11(18)5-16/h10-11,17-18H,4-6H2,1-2H3,(H,15,19)/t10-,11+. The number of rotatable bonds is 3. The summed E-state index contributed by atoms with van der Waals surface area (Å²) in [5.41, 5.74) is 1.39. The van der Waals surface area contributed by atoms with E-state index in [2.05, 4.69) is 11.4 Å². The van der Waals surface area contributed by atoms with E-state index in [0.717, 1.165) is 10.4 Å². The molecule has 1 aromatic rings. The molecule has 6 nitrogen and oxygen atoms in total. The third kappa shape index (κ3) is 2.99. The zero-order valence-corrected chi connectivity index (χ0v) is 12.2. The van der Waals surface area contributed by atoms with Crippen molar-refractivity contribution in [2.24, 2.45) is 0 Å². The predicted octanol–water partition coefficient (Wildman–Crippen LogP) is 0.213. The third-order valence-electron chi connectivity index (χ3n) is 3.45. The summed E-state index contributed by atoms with van der Waals surface area (Å²) in [4.78, 5) is 14.6. The largest absolute Gasteiger partial charge is 0.389 e. The van der Waals surface area contributed by atoms with E-state index in [1.54, 1.807) is 4.90 Å². The van der Waals surface area contributed by atoms with Gasteiger partial charge in [0.05, 0.1) is 24.3 Å². The molecule has 0 radical (unpaired) electrons. The maximum Gasteiger partial charge on any atom is 0.239 e. The highest BCUT2D eigenvalue weighted by molar-refractivity contribution is 7.16. The summed E-state index contributed by atoms with van der Waals surface area (Å²) in [5.74, 6) is -0.246. The van der Waals surface area contributed by atoms with E-state index in [9.17, 15) is 15.0 Å². The number of anilines is 1. The topological polar surface area (TPSA) is 96.6 Å². The van der Waals surface area contributed by atoms with Crippen molar-refractivity contribution >= 4 is 22.2 Å². The van der Waals surface area contributed by atoms with Crippen LogP contribution in [0.4, 0.5) is 5.00 Å². The molecule has 0 bridgehead atoms. The molecule has 2 atom stereocenters. The maximum absolute atomic E-state index is 12.0. The lowest BCUT2D eigenvalue weighted by Crippen LogP contribution is -2.32. The molecule has 1 saturated heterocycles. The van der Waals surface area contributed by atoms with E-state index in [0.29, 0.717) is 10.6 Å². The van der Waals surface area contributed by atoms with Gasteiger partial charge in [0.1, 0.15) is 11.1 Å². The van der Waals surface area contributed by atoms with Gasteiger partial charge in [0.15, 0.2) is 0 Å². The molecule has 0 saturated carbocycles. The van der Waals surface area contributed by atoms with Crippen LogP contribution in [0.25, 0.3) is 0 Å². The van der Waals surface area contributed by atoms with Crippen molar-refractivity contribution in [3.63, 3.8) is 0 Å². The molecular formula is C13H17N3O3S. The van der Waals surface area contributed by atoms with Crippen LogP contribution >= 0.6 is 11.3 Å². The number of thiophene rings is 1. The number of hydrogen-bond acceptors (Lipinski definition) is 6. The Morgan fingerprint density at radius 2 is 2.05 bits per heavy atom. The van der Waals surface area contributed by atoms with Gasteiger partial charge in [0, 0.05) is 18.0 Å². The van der Waals surface area contributed by atoms with E-state index >= 15 is 0 Å². The van der Waals surface area contributed by atoms with E-state index in [4.69, 9.17) is 5.26 Å². The van der Waals surface area contributed by atoms with Gasteiger partial charge in [-0.3, -0.25) is 9.69 Å². The zero-order valence-electron chi connectivity index (χ0n) is 11.4. The Hall–Kier alpha value is -1.46. The fourth-order valence-electron chi connectivity index (χ4n) is 2.19. The van der Waals surface area contributed by atoms with Crippen LogP contribution in [0.15, 0.2) is 0 Å². The highest BCUT2D eigenvalue weighted by Crippen LogP contribution is 2.31. The number of likely N-dealkylation sites (tertiary alicyclic amines) is 1. The van der Waals surface area contributed by atoms with Crippen molar-refractivity contribution < 1.29 is 15.0 Å². The lowest BCUT2D eigenvalue weighted by molar-refractivity contribution is -0.117. The quantitative estimate of drug-likeness (QED) is 0.741. The van der Waals surface area contributed by atoms with Crippen molar-refractivity contribution in [1.82, 2.24) is 4.90 Å². The highest BCUT2D eigenvalue weighted by Gasteiger charge is 2.30. The van der Waals surface area contributed by atoms with E-state index in [1.807, 2.05) is 13.8 Å². The van der Waals surface area contributed by atoms with E-state index in [1.165, 1.54) is 11.3 Å². The number of aliphatic hydroxyl groups is 2. The van der Waals surface area contributed by atoms with Gasteiger partial charge in [-0.25, -0.2) is 0 Å². The van der Waals surface area contributed by atoms with Crippen LogP contribution in [0.3, 0.4) is 0 Å². The molecule has 1 amide bonds. The van der Waals surface area contributed by atoms with Crippen LogP contribution in [0.2, 0.25) is 0 Å². The number of hydrogen-bond donors (Lipinski definition) is 3. The molecule has 3 N–H and O–H groups in total. The van der Waals surface area contributed by atoms with Crippen LogP contribution < -0.4 is 5.32 Å². The molecule has 1 fully saturated rings. The molecule has 108 valence electrons. The third-order valence-corrected chi connectivity index (χ3v) is 4.57. The Bertz CT molecular complexity index is 554. The van der Waals surface area contributed by atoms with E-state index in [-0.39, 0.29) is 25.5 Å². The second kappa shape index (κ2) is 5.89. The molecular weight excluding hydrogens is 278 g/mol. The van der Waals surface area contributed by atoms with Gasteiger partial charge in [-0.05, 0) is 19.4 Å². The monoisotopic (exact) mass is 295 g/mol. The SMILES string of the molecule is Cc1sc(NC(=O)CN2C[C@@H](O)[C@@H](O)C2)c(C#N)c1C. The van der Waals surface area contributed by atoms with Gasteiger partial charge in [-0.15, -0.1) is 11.3 Å². The molecule has 0 aromatic carbocycles. The summed E-state index contributed by atoms with van der Waals surface area (Å²) < 4.78 is 0. The van der Waals surface area contributed by atoms with Crippen molar-refractivity contribution in [3.8, 4) is 6.07 Å².